The fraction of sp³-hybridized carbons (Fsp3) is 0. The van der Waals surface area contributed by atoms with Gasteiger partial charge in [0.15, 0.2) is 0 Å². The van der Waals surface area contributed by atoms with Gasteiger partial charge < -0.3 is 0 Å². The fourth-order valence-corrected chi connectivity index (χ4v) is 3.42. The Morgan fingerprint density at radius 3 is 3.44 bits per heavy atom. The maximum absolute atomic E-state index is 4.17. The van der Waals surface area contributed by atoms with Gasteiger partial charge in [-0.1, -0.05) is 20.7 Å². The Morgan fingerprint density at radius 2 is 2.56 bits per heavy atom. The van der Waals surface area contributed by atoms with Gasteiger partial charge in [-0.2, -0.15) is 0 Å². The maximum Gasteiger partial charge on any atom is 0.0820 e. The first-order valence-corrected chi connectivity index (χ1v) is 5.89. The summed E-state index contributed by atoms with van der Waals surface area (Å²) in [5.41, 5.74) is 1.90. The van der Waals surface area contributed by atoms with Crippen molar-refractivity contribution in [1.82, 2.24) is 4.98 Å². The second-order valence-corrected chi connectivity index (χ2v) is 4.58. The molecule has 0 unspecified atom stereocenters. The summed E-state index contributed by atoms with van der Waals surface area (Å²) < 4.78 is 5.91. The molecule has 0 spiro atoms. The molecule has 1 aliphatic rings. The van der Waals surface area contributed by atoms with Crippen molar-refractivity contribution in [2.24, 2.45) is 0 Å². The predicted octanol–water partition coefficient (Wildman–Crippen LogP) is 0.448. The molecular weight excluding hydrogens is 245 g/mol. The zero-order valence-electron chi connectivity index (χ0n) is 4.54. The molecular formula is C6H4INS. The third-order valence-corrected chi connectivity index (χ3v) is 4.05. The summed E-state index contributed by atoms with van der Waals surface area (Å²) in [4.78, 5) is 4.17. The van der Waals surface area contributed by atoms with Crippen LogP contribution >= 0.6 is 32.1 Å². The molecule has 0 atom stereocenters. The lowest BCUT2D eigenvalue weighted by atomic mass is 10.5. The first-order chi connectivity index (χ1) is 4.47. The van der Waals surface area contributed by atoms with Gasteiger partial charge in [0.2, 0.25) is 0 Å². The zero-order valence-corrected chi connectivity index (χ0v) is 7.52. The number of fused-ring (bicyclic) bond motifs is 1. The summed E-state index contributed by atoms with van der Waals surface area (Å²) >= 11 is 1.95. The minimum atomic E-state index is 0.217. The third-order valence-electron chi connectivity index (χ3n) is 1.08. The Balaban J connectivity index is 2.99. The van der Waals surface area contributed by atoms with E-state index in [0.29, 0.717) is 0 Å². The van der Waals surface area contributed by atoms with Crippen molar-refractivity contribution in [3.63, 3.8) is 0 Å². The Kier molecular flexibility index (Phi) is 1.47. The van der Waals surface area contributed by atoms with Gasteiger partial charge in [-0.15, -0.1) is 11.3 Å². The van der Waals surface area contributed by atoms with E-state index in [2.05, 4.69) is 19.2 Å². The molecule has 46 valence electrons. The highest BCUT2D eigenvalue weighted by Crippen LogP contribution is 1.98. The van der Waals surface area contributed by atoms with Crippen molar-refractivity contribution in [3.05, 3.63) is 15.4 Å². The van der Waals surface area contributed by atoms with Crippen LogP contribution in [0.3, 0.4) is 0 Å². The van der Waals surface area contributed by atoms with Gasteiger partial charge in [0, 0.05) is 0 Å². The van der Waals surface area contributed by atoms with Gasteiger partial charge in [-0.25, -0.2) is 4.98 Å². The summed E-state index contributed by atoms with van der Waals surface area (Å²) in [7, 11) is 0. The second-order valence-electron chi connectivity index (χ2n) is 1.63. The number of nitrogens with zero attached hydrogens (tertiary/aromatic N) is 1. The Bertz CT molecular complexity index is 317. The number of aromatic nitrogens is 1. The molecule has 0 N–H and O–H groups in total. The summed E-state index contributed by atoms with van der Waals surface area (Å²) in [6.07, 6.45) is 2.12. The van der Waals surface area contributed by atoms with Crippen LogP contribution < -0.4 is 9.88 Å². The van der Waals surface area contributed by atoms with E-state index in [1.165, 1.54) is 4.53 Å². The lowest BCUT2D eigenvalue weighted by Crippen LogP contribution is -2.20. The molecule has 0 bridgehead atoms. The number of rotatable bonds is 0. The van der Waals surface area contributed by atoms with Crippen LogP contribution in [-0.4, -0.2) is 9.00 Å². The van der Waals surface area contributed by atoms with Gasteiger partial charge >= 0.3 is 0 Å². The van der Waals surface area contributed by atoms with Gasteiger partial charge in [-0.05, 0) is 14.2 Å². The van der Waals surface area contributed by atoms with Gasteiger partial charge in [0.25, 0.3) is 0 Å². The molecule has 2 rings (SSSR count). The highest BCUT2D eigenvalue weighted by Gasteiger charge is 1.87. The van der Waals surface area contributed by atoms with Crippen molar-refractivity contribution >= 4 is 46.2 Å². The summed E-state index contributed by atoms with van der Waals surface area (Å²) in [6.45, 7) is 0. The number of hydrogen-bond donors (Lipinski definition) is 0. The summed E-state index contributed by atoms with van der Waals surface area (Å²) in [5, 5.41) is 1.16. The van der Waals surface area contributed by atoms with E-state index in [1.807, 2.05) is 5.51 Å². The van der Waals surface area contributed by atoms with Crippen molar-refractivity contribution in [1.29, 1.82) is 0 Å². The quantitative estimate of drug-likeness (QED) is 0.608. The molecule has 1 aromatic rings. The van der Waals surface area contributed by atoms with E-state index in [-0.39, 0.29) is 20.7 Å². The molecule has 2 heterocycles. The highest BCUT2D eigenvalue weighted by atomic mass is 127. The second kappa shape index (κ2) is 2.30. The van der Waals surface area contributed by atoms with Crippen molar-refractivity contribution in [2.45, 2.75) is 0 Å². The fourth-order valence-electron chi connectivity index (χ4n) is 0.660. The third kappa shape index (κ3) is 0.986. The average Bonchev–Trinajstić information content (AvgIpc) is 2.33. The highest BCUT2D eigenvalue weighted by molar-refractivity contribution is 14.2. The van der Waals surface area contributed by atoms with E-state index >= 15 is 0 Å². The van der Waals surface area contributed by atoms with E-state index < -0.39 is 0 Å². The lowest BCUT2D eigenvalue weighted by Gasteiger charge is -1.79. The van der Waals surface area contributed by atoms with Crippen LogP contribution in [0.2, 0.25) is 0 Å². The topological polar surface area (TPSA) is 12.9 Å². The van der Waals surface area contributed by atoms with Crippen molar-refractivity contribution in [2.75, 3.05) is 0 Å². The van der Waals surface area contributed by atoms with Crippen LogP contribution in [0.1, 0.15) is 0 Å². The Hall–Kier alpha value is -0.0300. The molecule has 1 nitrogen and oxygen atoms in total. The minimum Gasteiger partial charge on any atom is -0.245 e. The van der Waals surface area contributed by atoms with Gasteiger partial charge in [0.05, 0.1) is 15.4 Å². The largest absolute Gasteiger partial charge is 0.245 e. The first kappa shape index (κ1) is 5.73. The molecule has 0 fully saturated rings. The smallest absolute Gasteiger partial charge is 0.0820 e. The average molecular weight is 249 g/mol. The molecule has 9 heavy (non-hydrogen) atoms. The van der Waals surface area contributed by atoms with Crippen LogP contribution in [0.5, 0.6) is 0 Å². The molecule has 0 saturated carbocycles. The molecule has 0 saturated heterocycles. The molecule has 0 amide bonds. The van der Waals surface area contributed by atoms with Crippen LogP contribution in [0.25, 0.3) is 10.2 Å². The molecule has 0 aromatic carbocycles. The van der Waals surface area contributed by atoms with Crippen molar-refractivity contribution in [3.8, 4) is 0 Å². The molecule has 0 radical (unpaired) electrons. The number of thiazole rings is 1. The normalized spacial score (nSPS) is 14.7. The van der Waals surface area contributed by atoms with E-state index in [1.54, 1.807) is 11.3 Å². The van der Waals surface area contributed by atoms with E-state index in [9.17, 15) is 0 Å². The maximum atomic E-state index is 4.17. The molecule has 1 aliphatic heterocycles. The van der Waals surface area contributed by atoms with Crippen LogP contribution in [-0.2, 0) is 0 Å². The van der Waals surface area contributed by atoms with Crippen LogP contribution in [0.4, 0.5) is 0 Å². The predicted molar refractivity (Wildman–Crippen MR) is 50.4 cm³/mol. The van der Waals surface area contributed by atoms with Crippen molar-refractivity contribution < 1.29 is 0 Å². The molecule has 0 aliphatic carbocycles. The number of hydrogen-bond acceptors (Lipinski definition) is 2. The van der Waals surface area contributed by atoms with Gasteiger partial charge in [0.1, 0.15) is 0 Å². The van der Waals surface area contributed by atoms with Crippen LogP contribution in [0.15, 0.2) is 5.51 Å². The van der Waals surface area contributed by atoms with Gasteiger partial charge in [-0.3, -0.25) is 0 Å². The molecule has 3 heteroatoms. The summed E-state index contributed by atoms with van der Waals surface area (Å²) in [6, 6.07) is 0. The molecule has 1 aromatic heterocycles. The van der Waals surface area contributed by atoms with E-state index in [0.717, 1.165) is 5.35 Å². The SMILES string of the molecule is C1=IC=c2scnc2=C1. The standard InChI is InChI=1S/C6H4INS/c1-2-7-3-6-5(1)8-4-9-6/h1-4H. The number of halogens is 1. The first-order valence-electron chi connectivity index (χ1n) is 2.52. The van der Waals surface area contributed by atoms with E-state index in [4.69, 9.17) is 0 Å². The van der Waals surface area contributed by atoms with Crippen LogP contribution in [0, 0.1) is 0 Å². The lowest BCUT2D eigenvalue weighted by molar-refractivity contribution is 1.33. The summed E-state index contributed by atoms with van der Waals surface area (Å²) in [5.74, 6) is 0. The Morgan fingerprint density at radius 1 is 1.56 bits per heavy atom. The minimum absolute atomic E-state index is 0.217. The zero-order chi connectivity index (χ0) is 6.10. The monoisotopic (exact) mass is 249 g/mol. The Labute approximate surface area is 66.5 Å².